The molecule has 2 atom stereocenters. The number of allylic oxidation sites excluding steroid dienone is 1. The number of carbonyl (C=O) groups is 1. The predicted octanol–water partition coefficient (Wildman–Crippen LogP) is 4.52. The number of hydrogen-bond donors (Lipinski definition) is 5. The highest BCUT2D eigenvalue weighted by molar-refractivity contribution is 8.13. The van der Waals surface area contributed by atoms with E-state index < -0.39 is 0 Å². The van der Waals surface area contributed by atoms with E-state index in [4.69, 9.17) is 26.8 Å². The average Bonchev–Trinajstić information content (AvgIpc) is 3.54. The maximum absolute atomic E-state index is 9.06. The first-order valence-electron chi connectivity index (χ1n) is 13.2. The van der Waals surface area contributed by atoms with Gasteiger partial charge < -0.3 is 21.4 Å². The lowest BCUT2D eigenvalue weighted by Gasteiger charge is -2.19. The first kappa shape index (κ1) is 31.3. The average molecular weight is 572 g/mol. The van der Waals surface area contributed by atoms with Crippen LogP contribution >= 0.6 is 11.8 Å². The topological polar surface area (TPSA) is 169 Å². The number of nitrogens with two attached hydrogens (primary N) is 1. The highest BCUT2D eigenvalue weighted by Crippen LogP contribution is 2.39. The number of nitrogen functional groups attached to an aromatic ring is 1. The smallest absolute Gasteiger partial charge is 0.142 e. The molecule has 3 aromatic rings. The zero-order valence-corrected chi connectivity index (χ0v) is 24.0. The molecular formula is C30H37N9OS. The van der Waals surface area contributed by atoms with Crippen molar-refractivity contribution < 1.29 is 4.79 Å². The van der Waals surface area contributed by atoms with Gasteiger partial charge in [0.1, 0.15) is 24.2 Å². The number of pyridine rings is 1. The summed E-state index contributed by atoms with van der Waals surface area (Å²) in [5, 5.41) is 26.8. The third-order valence-electron chi connectivity index (χ3n) is 7.02. The van der Waals surface area contributed by atoms with E-state index in [2.05, 4.69) is 45.5 Å². The van der Waals surface area contributed by atoms with Gasteiger partial charge in [-0.2, -0.15) is 0 Å². The molecule has 6 N–H and O–H groups in total. The van der Waals surface area contributed by atoms with E-state index in [-0.39, 0.29) is 5.71 Å². The first-order valence-corrected chi connectivity index (χ1v) is 14.2. The monoisotopic (exact) mass is 571 g/mol. The Morgan fingerprint density at radius 3 is 2.29 bits per heavy atom. The van der Waals surface area contributed by atoms with Gasteiger partial charge in [0.05, 0.1) is 22.0 Å². The van der Waals surface area contributed by atoms with Gasteiger partial charge in [-0.25, -0.2) is 9.97 Å². The second kappa shape index (κ2) is 15.5. The number of rotatable bonds is 8. The molecule has 0 amide bonds. The Hall–Kier alpha value is -4.22. The molecule has 2 unspecified atom stereocenters. The molecule has 2 fully saturated rings. The summed E-state index contributed by atoms with van der Waals surface area (Å²) in [5.74, 6) is 3.01. The zero-order valence-electron chi connectivity index (χ0n) is 23.2. The number of carbonyl (C=O) groups excluding carboxylic acids is 1. The fourth-order valence-corrected chi connectivity index (χ4v) is 6.01. The van der Waals surface area contributed by atoms with Crippen LogP contribution in [0.1, 0.15) is 35.2 Å². The Kier molecular flexibility index (Phi) is 11.9. The predicted molar refractivity (Wildman–Crippen MR) is 168 cm³/mol. The molecule has 10 nitrogen and oxygen atoms in total. The van der Waals surface area contributed by atoms with Crippen molar-refractivity contribution in [3.8, 4) is 0 Å². The van der Waals surface area contributed by atoms with Gasteiger partial charge in [0.2, 0.25) is 0 Å². The van der Waals surface area contributed by atoms with E-state index in [1.807, 2.05) is 42.5 Å². The molecule has 0 spiro atoms. The molecule has 1 aromatic carbocycles. The van der Waals surface area contributed by atoms with Gasteiger partial charge >= 0.3 is 0 Å². The van der Waals surface area contributed by atoms with Gasteiger partial charge in [0.25, 0.3) is 0 Å². The van der Waals surface area contributed by atoms with Crippen LogP contribution in [0, 0.1) is 28.1 Å². The van der Waals surface area contributed by atoms with Crippen molar-refractivity contribution >= 4 is 47.2 Å². The molecule has 1 aliphatic heterocycles. The van der Waals surface area contributed by atoms with Crippen LogP contribution in [0.15, 0.2) is 67.6 Å². The maximum Gasteiger partial charge on any atom is 0.142 e. The minimum atomic E-state index is 0.280. The Bertz CT molecular complexity index is 1310. The van der Waals surface area contributed by atoms with Gasteiger partial charge in [-0.15, -0.1) is 11.8 Å². The van der Waals surface area contributed by atoms with Crippen LogP contribution in [-0.2, 0) is 10.5 Å². The van der Waals surface area contributed by atoms with Gasteiger partial charge in [-0.1, -0.05) is 36.9 Å². The lowest BCUT2D eigenvalue weighted by Crippen LogP contribution is -2.24. The third kappa shape index (κ3) is 8.38. The molecule has 41 heavy (non-hydrogen) atoms. The van der Waals surface area contributed by atoms with Crippen molar-refractivity contribution in [2.45, 2.75) is 24.6 Å². The van der Waals surface area contributed by atoms with Gasteiger partial charge in [-0.3, -0.25) is 20.6 Å². The van der Waals surface area contributed by atoms with Crippen LogP contribution in [0.5, 0.6) is 0 Å². The van der Waals surface area contributed by atoms with Crippen molar-refractivity contribution in [2.24, 2.45) is 11.8 Å². The third-order valence-corrected chi connectivity index (χ3v) is 7.99. The molecule has 0 radical (unpaired) electrons. The maximum atomic E-state index is 9.06. The summed E-state index contributed by atoms with van der Waals surface area (Å²) < 4.78 is 0. The lowest BCUT2D eigenvalue weighted by atomic mass is 10.0. The number of likely N-dealkylation sites (tertiary alicyclic amines) is 1. The fourth-order valence-electron chi connectivity index (χ4n) is 5.25. The Balaban J connectivity index is 0.000000710. The number of hydrogen-bond acceptors (Lipinski definition) is 11. The number of aromatic nitrogens is 3. The lowest BCUT2D eigenvalue weighted by molar-refractivity contribution is -0.104. The Morgan fingerprint density at radius 2 is 1.71 bits per heavy atom. The number of anilines is 2. The number of fused-ring (bicyclic) bond motifs is 1. The quantitative estimate of drug-likeness (QED) is 0.114. The molecule has 0 bridgehead atoms. The van der Waals surface area contributed by atoms with Gasteiger partial charge in [-0.05, 0) is 56.7 Å². The SMILES string of the molecule is C=CC=O.C=N.CN1CC2CC(Nc3ncnc(N)c3C(=N)c3ccc(C(=N)SCc4ccccn4)cc3)CC2C1. The summed E-state index contributed by atoms with van der Waals surface area (Å²) in [5.41, 5.74) is 9.51. The highest BCUT2D eigenvalue weighted by Gasteiger charge is 2.40. The van der Waals surface area contributed by atoms with Crippen molar-refractivity contribution in [3.63, 3.8) is 0 Å². The molecule has 3 heterocycles. The molecule has 214 valence electrons. The molecule has 2 aliphatic rings. The minimum Gasteiger partial charge on any atom is -0.383 e. The van der Waals surface area contributed by atoms with Gasteiger partial charge in [0, 0.05) is 42.2 Å². The van der Waals surface area contributed by atoms with Crippen LogP contribution in [0.2, 0.25) is 0 Å². The number of nitrogens with zero attached hydrogens (tertiary/aromatic N) is 4. The first-order chi connectivity index (χ1) is 19.9. The molecule has 1 saturated heterocycles. The van der Waals surface area contributed by atoms with Crippen LogP contribution in [0.4, 0.5) is 11.6 Å². The van der Waals surface area contributed by atoms with Crippen LogP contribution in [-0.4, -0.2) is 69.8 Å². The molecule has 5 rings (SSSR count). The van der Waals surface area contributed by atoms with Crippen molar-refractivity contribution in [3.05, 3.63) is 90.0 Å². The standard InChI is InChI=1S/C26H30N8S.C3H4O.CH3N/c1-34-12-18-10-21(11-19(18)13-34)33-26-22(24(28)31-15-32-26)23(27)16-5-7-17(8-6-16)25(29)35-14-20-4-2-3-9-30-20;1-2-3-4;1-2/h2-9,15,18-19,21,27,29H,10-14H2,1H3,(H3,28,31,32,33);2-3H,1H2;2H,1H2. The zero-order chi connectivity index (χ0) is 29.8. The highest BCUT2D eigenvalue weighted by atomic mass is 32.2. The molecule has 11 heteroatoms. The van der Waals surface area contributed by atoms with Gasteiger partial charge in [0.15, 0.2) is 0 Å². The van der Waals surface area contributed by atoms with Crippen molar-refractivity contribution in [1.82, 2.24) is 19.9 Å². The van der Waals surface area contributed by atoms with E-state index in [9.17, 15) is 0 Å². The minimum absolute atomic E-state index is 0.280. The number of aldehydes is 1. The summed E-state index contributed by atoms with van der Waals surface area (Å²) in [4.78, 5) is 24.4. The summed E-state index contributed by atoms with van der Waals surface area (Å²) >= 11 is 1.44. The number of thioether (sulfide) groups is 1. The van der Waals surface area contributed by atoms with E-state index in [1.165, 1.54) is 24.2 Å². The summed E-state index contributed by atoms with van der Waals surface area (Å²) in [7, 11) is 2.19. The Morgan fingerprint density at radius 1 is 1.07 bits per heavy atom. The summed E-state index contributed by atoms with van der Waals surface area (Å²) in [6.45, 7) is 7.91. The van der Waals surface area contributed by atoms with E-state index in [0.717, 1.165) is 49.0 Å². The molecule has 1 aliphatic carbocycles. The van der Waals surface area contributed by atoms with Crippen molar-refractivity contribution in [1.29, 1.82) is 16.2 Å². The second-order valence-electron chi connectivity index (χ2n) is 9.80. The van der Waals surface area contributed by atoms with E-state index in [0.29, 0.717) is 45.9 Å². The molecular weight excluding hydrogens is 534 g/mol. The summed E-state index contributed by atoms with van der Waals surface area (Å²) in [6, 6.07) is 13.6. The van der Waals surface area contributed by atoms with Crippen LogP contribution < -0.4 is 11.1 Å². The number of nitrogens with one attached hydrogen (secondary N) is 4. The molecule has 2 aromatic heterocycles. The molecule has 1 saturated carbocycles. The van der Waals surface area contributed by atoms with E-state index in [1.54, 1.807) is 6.20 Å². The summed E-state index contributed by atoms with van der Waals surface area (Å²) in [6.07, 6.45) is 7.28. The Labute approximate surface area is 245 Å². The van der Waals surface area contributed by atoms with Crippen LogP contribution in [0.3, 0.4) is 0 Å². The fraction of sp³-hybridized carbons (Fsp3) is 0.300. The normalized spacial score (nSPS) is 19.0. The second-order valence-corrected chi connectivity index (χ2v) is 10.8. The van der Waals surface area contributed by atoms with Crippen molar-refractivity contribution in [2.75, 3.05) is 31.2 Å². The van der Waals surface area contributed by atoms with Crippen LogP contribution in [0.25, 0.3) is 0 Å². The van der Waals surface area contributed by atoms with E-state index >= 15 is 0 Å². The largest absolute Gasteiger partial charge is 0.383 e. The number of benzene rings is 1.